The SMILES string of the molecule is Cc1ccccc1C(=O)OC[C@H]1CC[C@H](COC(=O)c2ccccc2C)CC1. The summed E-state index contributed by atoms with van der Waals surface area (Å²) in [5.74, 6) is 0.285. The van der Waals surface area contributed by atoms with Crippen LogP contribution in [0.15, 0.2) is 48.5 Å². The molecule has 0 saturated heterocycles. The number of hydrogen-bond donors (Lipinski definition) is 0. The summed E-state index contributed by atoms with van der Waals surface area (Å²) in [4.78, 5) is 24.5. The van der Waals surface area contributed by atoms with E-state index in [1.165, 1.54) is 0 Å². The molecule has 1 aliphatic rings. The fraction of sp³-hybridized carbons (Fsp3) is 0.417. The Morgan fingerprint density at radius 2 is 1.07 bits per heavy atom. The van der Waals surface area contributed by atoms with Crippen LogP contribution in [0.1, 0.15) is 57.5 Å². The van der Waals surface area contributed by atoms with E-state index in [4.69, 9.17) is 9.47 Å². The first-order valence-corrected chi connectivity index (χ1v) is 10.00. The molecule has 0 unspecified atom stereocenters. The van der Waals surface area contributed by atoms with Gasteiger partial charge in [0.25, 0.3) is 0 Å². The molecule has 4 heteroatoms. The molecule has 1 saturated carbocycles. The normalized spacial score (nSPS) is 19.1. The number of carbonyl (C=O) groups excluding carboxylic acids is 2. The molecule has 0 bridgehead atoms. The van der Waals surface area contributed by atoms with Gasteiger partial charge in [0.15, 0.2) is 0 Å². The molecule has 3 rings (SSSR count). The molecule has 2 aromatic carbocycles. The molecule has 28 heavy (non-hydrogen) atoms. The van der Waals surface area contributed by atoms with E-state index in [2.05, 4.69) is 0 Å². The van der Waals surface area contributed by atoms with Crippen LogP contribution >= 0.6 is 0 Å². The maximum Gasteiger partial charge on any atom is 0.338 e. The van der Waals surface area contributed by atoms with Crippen molar-refractivity contribution in [1.82, 2.24) is 0 Å². The van der Waals surface area contributed by atoms with Gasteiger partial charge in [-0.3, -0.25) is 0 Å². The second-order valence-electron chi connectivity index (χ2n) is 7.71. The van der Waals surface area contributed by atoms with Crippen molar-refractivity contribution in [3.63, 3.8) is 0 Å². The average molecular weight is 380 g/mol. The van der Waals surface area contributed by atoms with Crippen LogP contribution in [0, 0.1) is 25.7 Å². The molecule has 0 aliphatic heterocycles. The summed E-state index contributed by atoms with van der Waals surface area (Å²) in [6.45, 7) is 4.76. The lowest BCUT2D eigenvalue weighted by molar-refractivity contribution is 0.0296. The van der Waals surface area contributed by atoms with Gasteiger partial charge in [0.1, 0.15) is 0 Å². The standard InChI is InChI=1S/C24H28O4/c1-17-7-3-5-9-21(17)23(25)27-15-19-11-13-20(14-12-19)16-28-24(26)22-10-6-4-8-18(22)2/h3-10,19-20H,11-16H2,1-2H3/t19-,20-. The van der Waals surface area contributed by atoms with Crippen LogP contribution in [0.2, 0.25) is 0 Å². The van der Waals surface area contributed by atoms with Crippen molar-refractivity contribution in [3.8, 4) is 0 Å². The number of benzene rings is 2. The van der Waals surface area contributed by atoms with Gasteiger partial charge < -0.3 is 9.47 Å². The van der Waals surface area contributed by atoms with Crippen molar-refractivity contribution in [3.05, 3.63) is 70.8 Å². The Morgan fingerprint density at radius 3 is 1.43 bits per heavy atom. The van der Waals surface area contributed by atoms with Crippen molar-refractivity contribution in [1.29, 1.82) is 0 Å². The highest BCUT2D eigenvalue weighted by Gasteiger charge is 2.24. The second kappa shape index (κ2) is 9.54. The van der Waals surface area contributed by atoms with Gasteiger partial charge in [-0.1, -0.05) is 36.4 Å². The smallest absolute Gasteiger partial charge is 0.338 e. The van der Waals surface area contributed by atoms with Crippen LogP contribution in [0.25, 0.3) is 0 Å². The van der Waals surface area contributed by atoms with E-state index in [-0.39, 0.29) is 11.9 Å². The zero-order valence-corrected chi connectivity index (χ0v) is 16.6. The van der Waals surface area contributed by atoms with E-state index in [0.29, 0.717) is 36.2 Å². The van der Waals surface area contributed by atoms with Crippen LogP contribution in [0.4, 0.5) is 0 Å². The average Bonchev–Trinajstić information content (AvgIpc) is 2.71. The highest BCUT2D eigenvalue weighted by Crippen LogP contribution is 2.29. The van der Waals surface area contributed by atoms with Gasteiger partial charge in [0.05, 0.1) is 24.3 Å². The molecule has 1 fully saturated rings. The highest BCUT2D eigenvalue weighted by atomic mass is 16.5. The Kier molecular flexibility index (Phi) is 6.85. The van der Waals surface area contributed by atoms with Gasteiger partial charge in [-0.25, -0.2) is 9.59 Å². The predicted octanol–water partition coefficient (Wildman–Crippen LogP) is 5.12. The topological polar surface area (TPSA) is 52.6 Å². The summed E-state index contributed by atoms with van der Waals surface area (Å²) >= 11 is 0. The molecule has 0 heterocycles. The quantitative estimate of drug-likeness (QED) is 0.653. The van der Waals surface area contributed by atoms with E-state index >= 15 is 0 Å². The fourth-order valence-electron chi connectivity index (χ4n) is 3.71. The molecule has 0 N–H and O–H groups in total. The van der Waals surface area contributed by atoms with Gasteiger partial charge in [-0.15, -0.1) is 0 Å². The van der Waals surface area contributed by atoms with Gasteiger partial charge >= 0.3 is 11.9 Å². The van der Waals surface area contributed by atoms with E-state index < -0.39 is 0 Å². The van der Waals surface area contributed by atoms with E-state index in [1.807, 2.05) is 50.2 Å². The first-order chi connectivity index (χ1) is 13.5. The monoisotopic (exact) mass is 380 g/mol. The summed E-state index contributed by atoms with van der Waals surface area (Å²) in [6.07, 6.45) is 3.97. The molecule has 4 nitrogen and oxygen atoms in total. The lowest BCUT2D eigenvalue weighted by atomic mass is 9.83. The Balaban J connectivity index is 1.39. The van der Waals surface area contributed by atoms with E-state index in [9.17, 15) is 9.59 Å². The second-order valence-corrected chi connectivity index (χ2v) is 7.71. The number of rotatable bonds is 6. The van der Waals surface area contributed by atoms with Crippen LogP contribution in [-0.4, -0.2) is 25.2 Å². The maximum absolute atomic E-state index is 12.2. The minimum atomic E-state index is -0.243. The molecule has 1 aliphatic carbocycles. The Hall–Kier alpha value is -2.62. The molecular weight excluding hydrogens is 352 g/mol. The van der Waals surface area contributed by atoms with Gasteiger partial charge in [-0.2, -0.15) is 0 Å². The first kappa shape index (κ1) is 20.1. The van der Waals surface area contributed by atoms with Gasteiger partial charge in [0.2, 0.25) is 0 Å². The molecule has 148 valence electrons. The van der Waals surface area contributed by atoms with Crippen LogP contribution in [0.5, 0.6) is 0 Å². The van der Waals surface area contributed by atoms with Gasteiger partial charge in [-0.05, 0) is 74.6 Å². The number of carbonyl (C=O) groups is 2. The molecule has 0 amide bonds. The predicted molar refractivity (Wildman–Crippen MR) is 108 cm³/mol. The lowest BCUT2D eigenvalue weighted by Crippen LogP contribution is -2.24. The maximum atomic E-state index is 12.2. The molecule has 2 aromatic rings. The summed E-state index contributed by atoms with van der Waals surface area (Å²) in [5.41, 5.74) is 3.15. The minimum absolute atomic E-state index is 0.243. The Morgan fingerprint density at radius 1 is 0.714 bits per heavy atom. The minimum Gasteiger partial charge on any atom is -0.462 e. The van der Waals surface area contributed by atoms with Crippen LogP contribution in [0.3, 0.4) is 0 Å². The molecular formula is C24H28O4. The highest BCUT2D eigenvalue weighted by molar-refractivity contribution is 5.91. The van der Waals surface area contributed by atoms with Crippen LogP contribution in [-0.2, 0) is 9.47 Å². The van der Waals surface area contributed by atoms with E-state index in [0.717, 1.165) is 36.8 Å². The molecule has 0 spiro atoms. The van der Waals surface area contributed by atoms with Crippen molar-refractivity contribution >= 4 is 11.9 Å². The summed E-state index contributed by atoms with van der Waals surface area (Å²) < 4.78 is 11.1. The Bertz CT molecular complexity index is 749. The third-order valence-electron chi connectivity index (χ3n) is 5.60. The number of aryl methyl sites for hydroxylation is 2. The molecule has 0 aromatic heterocycles. The molecule has 0 radical (unpaired) electrons. The number of esters is 2. The lowest BCUT2D eigenvalue weighted by Gasteiger charge is -2.28. The van der Waals surface area contributed by atoms with Crippen molar-refractivity contribution in [2.24, 2.45) is 11.8 Å². The van der Waals surface area contributed by atoms with Crippen molar-refractivity contribution < 1.29 is 19.1 Å². The number of ether oxygens (including phenoxy) is 2. The van der Waals surface area contributed by atoms with E-state index in [1.54, 1.807) is 12.1 Å². The first-order valence-electron chi connectivity index (χ1n) is 10.00. The summed E-state index contributed by atoms with van der Waals surface area (Å²) in [5, 5.41) is 0. The van der Waals surface area contributed by atoms with Crippen molar-refractivity contribution in [2.75, 3.05) is 13.2 Å². The zero-order chi connectivity index (χ0) is 19.9. The van der Waals surface area contributed by atoms with Crippen molar-refractivity contribution in [2.45, 2.75) is 39.5 Å². The number of hydrogen-bond acceptors (Lipinski definition) is 4. The fourth-order valence-corrected chi connectivity index (χ4v) is 3.71. The summed E-state index contributed by atoms with van der Waals surface area (Å²) in [6, 6.07) is 15.0. The third kappa shape index (κ3) is 5.22. The zero-order valence-electron chi connectivity index (χ0n) is 16.6. The van der Waals surface area contributed by atoms with Crippen LogP contribution < -0.4 is 0 Å². The summed E-state index contributed by atoms with van der Waals surface area (Å²) in [7, 11) is 0. The largest absolute Gasteiger partial charge is 0.462 e. The van der Waals surface area contributed by atoms with Gasteiger partial charge in [0, 0.05) is 0 Å². The Labute approximate surface area is 166 Å². The third-order valence-corrected chi connectivity index (χ3v) is 5.60. The molecule has 0 atom stereocenters.